The van der Waals surface area contributed by atoms with Gasteiger partial charge >= 0.3 is 0 Å². The highest BCUT2D eigenvalue weighted by molar-refractivity contribution is 5.79. The lowest BCUT2D eigenvalue weighted by atomic mass is 9.84. The summed E-state index contributed by atoms with van der Waals surface area (Å²) in [5.41, 5.74) is 13.3. The highest BCUT2D eigenvalue weighted by Crippen LogP contribution is 2.44. The molecule has 4 aliphatic rings. The van der Waals surface area contributed by atoms with Crippen molar-refractivity contribution in [2.45, 2.75) is 154 Å². The van der Waals surface area contributed by atoms with Gasteiger partial charge < -0.3 is 52.8 Å². The molecule has 14 heteroatoms. The van der Waals surface area contributed by atoms with Gasteiger partial charge in [-0.1, -0.05) is 117 Å². The molecule has 7 rings (SSSR count). The Labute approximate surface area is 359 Å². The number of ether oxygens (including phenoxy) is 10. The van der Waals surface area contributed by atoms with Gasteiger partial charge in [-0.05, 0) is 55.3 Å². The van der Waals surface area contributed by atoms with Gasteiger partial charge in [0.05, 0.1) is 69.6 Å². The van der Waals surface area contributed by atoms with E-state index < -0.39 is 67.1 Å². The van der Waals surface area contributed by atoms with Crippen LogP contribution in [0.1, 0.15) is 71.1 Å². The highest BCUT2D eigenvalue weighted by Gasteiger charge is 2.59. The minimum Gasteiger partial charge on any atom is -0.374 e. The molecule has 14 nitrogen and oxygen atoms in total. The molecule has 0 amide bonds. The molecule has 0 bridgehead atoms. The quantitative estimate of drug-likeness (QED) is 0.0570. The molecule has 4 aliphatic heterocycles. The number of hydrogen-bond donors (Lipinski definition) is 1. The van der Waals surface area contributed by atoms with E-state index >= 15 is 0 Å². The normalized spacial score (nSPS) is 36.2. The van der Waals surface area contributed by atoms with E-state index in [-0.39, 0.29) is 37.3 Å². The predicted molar refractivity (Wildman–Crippen MR) is 226 cm³/mol. The molecule has 9 unspecified atom stereocenters. The summed E-state index contributed by atoms with van der Waals surface area (Å²) >= 11 is 0. The topological polar surface area (TPSA) is 165 Å². The van der Waals surface area contributed by atoms with Crippen molar-refractivity contribution in [3.05, 3.63) is 118 Å². The molecule has 61 heavy (non-hydrogen) atoms. The molecule has 0 spiro atoms. The highest BCUT2D eigenvalue weighted by atomic mass is 16.8. The summed E-state index contributed by atoms with van der Waals surface area (Å²) in [6.07, 6.45) is -5.45. The van der Waals surface area contributed by atoms with Crippen LogP contribution in [0.25, 0.3) is 10.4 Å². The van der Waals surface area contributed by atoms with Crippen molar-refractivity contribution in [2.75, 3.05) is 13.2 Å². The van der Waals surface area contributed by atoms with Crippen molar-refractivity contribution in [2.24, 2.45) is 17.0 Å². The van der Waals surface area contributed by atoms with Crippen LogP contribution in [0.3, 0.4) is 0 Å². The lowest BCUT2D eigenvalue weighted by Gasteiger charge is -2.48. The van der Waals surface area contributed by atoms with Crippen LogP contribution in [-0.4, -0.2) is 98.3 Å². The summed E-state index contributed by atoms with van der Waals surface area (Å²) in [6.45, 7) is 13.3. The maximum absolute atomic E-state index is 9.68. The lowest BCUT2D eigenvalue weighted by Crippen LogP contribution is -2.62. The second-order valence-electron chi connectivity index (χ2n) is 17.0. The number of rotatable bonds is 18. The molecule has 15 atom stereocenters. The smallest absolute Gasteiger partial charge is 0.187 e. The van der Waals surface area contributed by atoms with E-state index in [1.807, 2.05) is 119 Å². The number of azide groups is 1. The maximum atomic E-state index is 9.68. The van der Waals surface area contributed by atoms with Crippen molar-refractivity contribution >= 4 is 5.71 Å². The van der Waals surface area contributed by atoms with Gasteiger partial charge in [0, 0.05) is 23.0 Å². The maximum Gasteiger partial charge on any atom is 0.187 e. The van der Waals surface area contributed by atoms with Gasteiger partial charge in [-0.3, -0.25) is 0 Å². The van der Waals surface area contributed by atoms with E-state index in [9.17, 15) is 5.53 Å². The summed E-state index contributed by atoms with van der Waals surface area (Å²) in [6, 6.07) is 29.4. The van der Waals surface area contributed by atoms with Crippen LogP contribution in [0.4, 0.5) is 0 Å². The molecule has 4 fully saturated rings. The minimum absolute atomic E-state index is 0.204. The second kappa shape index (κ2) is 21.1. The molecule has 0 aliphatic carbocycles. The summed E-state index contributed by atoms with van der Waals surface area (Å²) in [7, 11) is 0. The van der Waals surface area contributed by atoms with Crippen LogP contribution in [-0.2, 0) is 67.2 Å². The Balaban J connectivity index is 1.07. The summed E-state index contributed by atoms with van der Waals surface area (Å²) in [5, 5.41) is 12.6. The van der Waals surface area contributed by atoms with Gasteiger partial charge in [0.2, 0.25) is 0 Å². The fraction of sp³-hybridized carbons (Fsp3) is 0.596. The third-order valence-electron chi connectivity index (χ3n) is 12.3. The molecular weight excluding hydrogens is 781 g/mol. The summed E-state index contributed by atoms with van der Waals surface area (Å²) in [5.74, 6) is -1.49. The van der Waals surface area contributed by atoms with Crippen LogP contribution >= 0.6 is 0 Å². The Bertz CT molecular complexity index is 1870. The number of fused-ring (bicyclic) bond motifs is 1. The first kappa shape index (κ1) is 45.3. The Morgan fingerprint density at radius 2 is 1.34 bits per heavy atom. The van der Waals surface area contributed by atoms with Gasteiger partial charge in [0.15, 0.2) is 18.4 Å². The van der Waals surface area contributed by atoms with Crippen molar-refractivity contribution in [1.29, 1.82) is 5.41 Å². The van der Waals surface area contributed by atoms with Gasteiger partial charge in [0.25, 0.3) is 0 Å². The first-order chi connectivity index (χ1) is 29.6. The Hall–Kier alpha value is -3.76. The molecule has 3 aromatic rings. The van der Waals surface area contributed by atoms with Crippen LogP contribution in [0, 0.1) is 17.2 Å². The van der Waals surface area contributed by atoms with Crippen LogP contribution < -0.4 is 0 Å². The molecule has 4 saturated heterocycles. The largest absolute Gasteiger partial charge is 0.374 e. The van der Waals surface area contributed by atoms with Gasteiger partial charge in [-0.15, -0.1) is 0 Å². The molecule has 0 aromatic heterocycles. The summed E-state index contributed by atoms with van der Waals surface area (Å²) in [4.78, 5) is 3.19. The minimum atomic E-state index is -0.933. The Morgan fingerprint density at radius 1 is 0.754 bits per heavy atom. The third kappa shape index (κ3) is 11.3. The molecule has 1 N–H and O–H groups in total. The molecule has 0 radical (unpaired) electrons. The fourth-order valence-electron chi connectivity index (χ4n) is 8.82. The van der Waals surface area contributed by atoms with Crippen LogP contribution in [0.5, 0.6) is 0 Å². The van der Waals surface area contributed by atoms with E-state index in [4.69, 9.17) is 52.8 Å². The zero-order chi connectivity index (χ0) is 42.9. The SMILES string of the molecule is CC[C@@]1(C)OC2C(O1)[C@@H](O[C@@H]1OCC(OCc3ccccc3)C(OCc3ccccc3)C1C)C(C)O[C@H]2OC1C(C)C(N=[N+]=[N-])[C@H](COCc2ccccc2)O[C@@H]1CC(C)=N. The zero-order valence-electron chi connectivity index (χ0n) is 36.1. The standard InChI is InChI=1S/C47H62N4O10/c1-7-47(6)60-43-42(59-45-31(4)40(54-26-35-21-15-10-16-22-35)38(28-55-45)53-25-34-19-13-9-14-20-34)32(5)56-46(44(43)61-47)58-41-30(3)39(50-51-49)37(57-36(41)23-29(2)48)27-52-24-33-17-11-8-12-18-33/h8-22,30-32,36-46,48H,7,23-28H2,1-6H3/t30?,31?,32?,36-,37+,38?,39?,40?,41?,42+,43?,44?,45+,46+,47-/m1/s1. The molecular formula is C47H62N4O10. The van der Waals surface area contributed by atoms with Gasteiger partial charge in [-0.25, -0.2) is 0 Å². The lowest BCUT2D eigenvalue weighted by molar-refractivity contribution is -0.341. The number of benzene rings is 3. The van der Waals surface area contributed by atoms with Crippen molar-refractivity contribution in [3.63, 3.8) is 0 Å². The first-order valence-electron chi connectivity index (χ1n) is 21.7. The number of nitrogens with zero attached hydrogens (tertiary/aromatic N) is 3. The van der Waals surface area contributed by atoms with E-state index in [0.717, 1.165) is 16.7 Å². The third-order valence-corrected chi connectivity index (χ3v) is 12.3. The van der Waals surface area contributed by atoms with Gasteiger partial charge in [-0.2, -0.15) is 0 Å². The predicted octanol–water partition coefficient (Wildman–Crippen LogP) is 8.30. The van der Waals surface area contributed by atoms with Crippen molar-refractivity contribution in [1.82, 2.24) is 0 Å². The summed E-state index contributed by atoms with van der Waals surface area (Å²) < 4.78 is 66.2. The van der Waals surface area contributed by atoms with E-state index in [1.165, 1.54) is 0 Å². The molecule has 4 heterocycles. The zero-order valence-corrected chi connectivity index (χ0v) is 36.1. The van der Waals surface area contributed by atoms with Gasteiger partial charge in [0.1, 0.15) is 24.4 Å². The van der Waals surface area contributed by atoms with Crippen molar-refractivity contribution in [3.8, 4) is 0 Å². The average Bonchev–Trinajstić information content (AvgIpc) is 3.63. The Morgan fingerprint density at radius 3 is 1.95 bits per heavy atom. The van der Waals surface area contributed by atoms with E-state index in [1.54, 1.807) is 6.92 Å². The molecule has 330 valence electrons. The van der Waals surface area contributed by atoms with E-state index in [0.29, 0.717) is 38.4 Å². The monoisotopic (exact) mass is 842 g/mol. The fourth-order valence-corrected chi connectivity index (χ4v) is 8.82. The van der Waals surface area contributed by atoms with Crippen LogP contribution in [0.2, 0.25) is 0 Å². The average molecular weight is 843 g/mol. The van der Waals surface area contributed by atoms with Crippen molar-refractivity contribution < 1.29 is 47.4 Å². The van der Waals surface area contributed by atoms with E-state index in [2.05, 4.69) is 16.9 Å². The Kier molecular flexibility index (Phi) is 15.6. The number of nitrogens with one attached hydrogen (secondary N) is 1. The molecule has 3 aromatic carbocycles. The van der Waals surface area contributed by atoms with Crippen LogP contribution in [0.15, 0.2) is 96.1 Å². The second-order valence-corrected chi connectivity index (χ2v) is 17.0. The first-order valence-corrected chi connectivity index (χ1v) is 21.7. The number of hydrogen-bond acceptors (Lipinski definition) is 12. The molecule has 0 saturated carbocycles.